The van der Waals surface area contributed by atoms with Crippen LogP contribution in [0.5, 0.6) is 0 Å². The van der Waals surface area contributed by atoms with Gasteiger partial charge in [-0.25, -0.2) is 4.99 Å². The molecule has 0 fully saturated rings. The molecule has 0 saturated carbocycles. The molecule has 0 aliphatic carbocycles. The number of thioether (sulfide) groups is 1. The Hall–Kier alpha value is -0.720. The Morgan fingerprint density at radius 2 is 2.24 bits per heavy atom. The molecule has 3 heterocycles. The van der Waals surface area contributed by atoms with Crippen LogP contribution in [0, 0.1) is 11.8 Å². The first-order valence-electron chi connectivity index (χ1n) is 7.26. The Morgan fingerprint density at radius 3 is 2.90 bits per heavy atom. The highest BCUT2D eigenvalue weighted by Gasteiger charge is 2.47. The number of nitrogens with zero attached hydrogens (tertiary/aromatic N) is 2. The number of aliphatic imine (C=N–C) groups is 1. The van der Waals surface area contributed by atoms with Crippen LogP contribution in [0.1, 0.15) is 34.1 Å². The van der Waals surface area contributed by atoms with Gasteiger partial charge in [-0.1, -0.05) is 25.6 Å². The fourth-order valence-corrected chi connectivity index (χ4v) is 4.44. The Kier molecular flexibility index (Phi) is 3.74. The molecule has 3 aliphatic heterocycles. The maximum atomic E-state index is 12.9. The average Bonchev–Trinajstić information content (AvgIpc) is 2.70. The molecule has 21 heavy (non-hydrogen) atoms. The van der Waals surface area contributed by atoms with Crippen molar-refractivity contribution in [1.29, 1.82) is 0 Å². The number of hydrogen-bond acceptors (Lipinski definition) is 4. The van der Waals surface area contributed by atoms with Crippen molar-refractivity contribution in [3.63, 3.8) is 0 Å². The van der Waals surface area contributed by atoms with Crippen LogP contribution in [0.4, 0.5) is 0 Å². The number of carbonyl (C=O) groups is 1. The SMILES string of the molecule is CC(C)CN1C(=O)C2C(=NC1=S)SC1=C2CC(C)(C)OC1. The Bertz CT molecular complexity index is 578. The van der Waals surface area contributed by atoms with E-state index in [9.17, 15) is 4.79 Å². The van der Waals surface area contributed by atoms with E-state index in [2.05, 4.69) is 32.7 Å². The van der Waals surface area contributed by atoms with Crippen molar-refractivity contribution in [2.45, 2.75) is 39.7 Å². The average molecular weight is 324 g/mol. The van der Waals surface area contributed by atoms with Crippen molar-refractivity contribution in [3.05, 3.63) is 10.5 Å². The molecule has 0 aromatic rings. The maximum absolute atomic E-state index is 12.9. The van der Waals surface area contributed by atoms with Crippen LogP contribution in [0.3, 0.4) is 0 Å². The molecular weight excluding hydrogens is 304 g/mol. The molecule has 4 nitrogen and oxygen atoms in total. The molecule has 1 unspecified atom stereocenters. The molecule has 0 bridgehead atoms. The van der Waals surface area contributed by atoms with Crippen LogP contribution in [-0.2, 0) is 9.53 Å². The summed E-state index contributed by atoms with van der Waals surface area (Å²) in [6.45, 7) is 9.52. The largest absolute Gasteiger partial charge is 0.370 e. The van der Waals surface area contributed by atoms with Crippen molar-refractivity contribution in [2.24, 2.45) is 16.8 Å². The molecule has 0 saturated heterocycles. The monoisotopic (exact) mass is 324 g/mol. The quantitative estimate of drug-likeness (QED) is 0.732. The Balaban J connectivity index is 1.94. The van der Waals surface area contributed by atoms with Gasteiger partial charge in [0.1, 0.15) is 5.92 Å². The highest BCUT2D eigenvalue weighted by Crippen LogP contribution is 2.47. The van der Waals surface area contributed by atoms with Gasteiger partial charge in [-0.3, -0.25) is 9.69 Å². The summed E-state index contributed by atoms with van der Waals surface area (Å²) in [5, 5.41) is 1.25. The summed E-state index contributed by atoms with van der Waals surface area (Å²) in [5.74, 6) is 0.241. The third-order valence-electron chi connectivity index (χ3n) is 3.89. The van der Waals surface area contributed by atoms with E-state index in [4.69, 9.17) is 17.0 Å². The molecule has 0 aromatic heterocycles. The summed E-state index contributed by atoms with van der Waals surface area (Å²) in [5.41, 5.74) is 0.979. The van der Waals surface area contributed by atoms with Crippen LogP contribution in [0.15, 0.2) is 15.5 Å². The molecule has 1 atom stereocenters. The summed E-state index contributed by atoms with van der Waals surface area (Å²) < 4.78 is 5.85. The lowest BCUT2D eigenvalue weighted by atomic mass is 9.86. The lowest BCUT2D eigenvalue weighted by molar-refractivity contribution is -0.129. The van der Waals surface area contributed by atoms with Gasteiger partial charge in [0, 0.05) is 11.4 Å². The van der Waals surface area contributed by atoms with Crippen LogP contribution in [0.2, 0.25) is 0 Å². The van der Waals surface area contributed by atoms with Gasteiger partial charge in [0.15, 0.2) is 0 Å². The second-order valence-electron chi connectivity index (χ2n) is 6.78. The molecule has 3 aliphatic rings. The van der Waals surface area contributed by atoms with E-state index >= 15 is 0 Å². The van der Waals surface area contributed by atoms with Crippen LogP contribution >= 0.6 is 24.0 Å². The van der Waals surface area contributed by atoms with E-state index in [1.165, 1.54) is 5.57 Å². The van der Waals surface area contributed by atoms with Crippen molar-refractivity contribution in [3.8, 4) is 0 Å². The third kappa shape index (κ3) is 2.69. The first-order valence-corrected chi connectivity index (χ1v) is 8.48. The molecule has 0 N–H and O–H groups in total. The van der Waals surface area contributed by atoms with Gasteiger partial charge in [-0.15, -0.1) is 0 Å². The highest BCUT2D eigenvalue weighted by molar-refractivity contribution is 8.17. The van der Waals surface area contributed by atoms with Crippen molar-refractivity contribution < 1.29 is 9.53 Å². The number of hydrogen-bond donors (Lipinski definition) is 0. The summed E-state index contributed by atoms with van der Waals surface area (Å²) in [4.78, 5) is 20.2. The third-order valence-corrected chi connectivity index (χ3v) is 5.36. The van der Waals surface area contributed by atoms with Gasteiger partial charge >= 0.3 is 0 Å². The van der Waals surface area contributed by atoms with Crippen LogP contribution < -0.4 is 0 Å². The Labute approximate surface area is 135 Å². The van der Waals surface area contributed by atoms with E-state index in [0.717, 1.165) is 16.4 Å². The van der Waals surface area contributed by atoms with Crippen molar-refractivity contribution in [2.75, 3.05) is 13.2 Å². The molecule has 1 amide bonds. The first kappa shape index (κ1) is 15.2. The predicted molar refractivity (Wildman–Crippen MR) is 89.3 cm³/mol. The second kappa shape index (κ2) is 5.18. The van der Waals surface area contributed by atoms with Crippen LogP contribution in [-0.4, -0.2) is 39.7 Å². The molecule has 0 aromatic carbocycles. The molecule has 0 spiro atoms. The molecule has 3 rings (SSSR count). The van der Waals surface area contributed by atoms with Gasteiger partial charge in [0.05, 0.1) is 17.3 Å². The minimum absolute atomic E-state index is 0.0916. The zero-order valence-electron chi connectivity index (χ0n) is 12.8. The lowest BCUT2D eigenvalue weighted by Crippen LogP contribution is -2.47. The van der Waals surface area contributed by atoms with Crippen molar-refractivity contribution >= 4 is 40.0 Å². The normalized spacial score (nSPS) is 28.0. The van der Waals surface area contributed by atoms with Gasteiger partial charge in [0.2, 0.25) is 11.0 Å². The fraction of sp³-hybridized carbons (Fsp3) is 0.667. The van der Waals surface area contributed by atoms with E-state index in [1.54, 1.807) is 16.7 Å². The van der Waals surface area contributed by atoms with Gasteiger partial charge in [-0.05, 0) is 44.0 Å². The molecule has 114 valence electrons. The number of thiocarbonyl (C=S) groups is 1. The second-order valence-corrected chi connectivity index (χ2v) is 8.26. The molecule has 0 radical (unpaired) electrons. The minimum atomic E-state index is -0.223. The summed E-state index contributed by atoms with van der Waals surface area (Å²) in [6, 6.07) is 0. The maximum Gasteiger partial charge on any atom is 0.242 e. The van der Waals surface area contributed by atoms with Gasteiger partial charge in [-0.2, -0.15) is 0 Å². The van der Waals surface area contributed by atoms with E-state index < -0.39 is 0 Å². The number of fused-ring (bicyclic) bond motifs is 2. The standard InChI is InChI=1S/C15H20N2O2S2/c1-8(2)6-17-13(18)11-9-5-15(3,4)19-7-10(9)21-12(11)16-14(17)20/h8,11H,5-7H2,1-4H3. The summed E-state index contributed by atoms with van der Waals surface area (Å²) >= 11 is 6.89. The van der Waals surface area contributed by atoms with Gasteiger partial charge < -0.3 is 4.74 Å². The van der Waals surface area contributed by atoms with E-state index in [1.807, 2.05) is 0 Å². The molecule has 6 heteroatoms. The van der Waals surface area contributed by atoms with E-state index in [-0.39, 0.29) is 17.4 Å². The summed E-state index contributed by atoms with van der Waals surface area (Å²) in [7, 11) is 0. The Morgan fingerprint density at radius 1 is 1.52 bits per heavy atom. The van der Waals surface area contributed by atoms with Gasteiger partial charge in [0.25, 0.3) is 0 Å². The van der Waals surface area contributed by atoms with Crippen LogP contribution in [0.25, 0.3) is 0 Å². The number of amides is 1. The lowest BCUT2D eigenvalue weighted by Gasteiger charge is -2.34. The number of ether oxygens (including phenoxy) is 1. The van der Waals surface area contributed by atoms with Crippen molar-refractivity contribution in [1.82, 2.24) is 4.90 Å². The highest BCUT2D eigenvalue weighted by atomic mass is 32.2. The number of carbonyl (C=O) groups excluding carboxylic acids is 1. The first-order chi connectivity index (χ1) is 9.78. The zero-order chi connectivity index (χ0) is 15.4. The summed E-state index contributed by atoms with van der Waals surface area (Å²) in [6.07, 6.45) is 0.785. The number of rotatable bonds is 2. The zero-order valence-corrected chi connectivity index (χ0v) is 14.4. The smallest absolute Gasteiger partial charge is 0.242 e. The predicted octanol–water partition coefficient (Wildman–Crippen LogP) is 2.98. The minimum Gasteiger partial charge on any atom is -0.370 e. The molecular formula is C15H20N2O2S2. The topological polar surface area (TPSA) is 41.9 Å². The van der Waals surface area contributed by atoms with E-state index in [0.29, 0.717) is 24.2 Å². The fourth-order valence-electron chi connectivity index (χ4n) is 2.93.